The molecule has 1 aromatic rings. The van der Waals surface area contributed by atoms with E-state index in [4.69, 9.17) is 26.8 Å². The SMILES string of the molecule is CCCN1CCOC(CNC(=O)c2cc(Cl)c(N)cc2OC)C1. The van der Waals surface area contributed by atoms with Gasteiger partial charge in [0.05, 0.1) is 36.1 Å². The highest BCUT2D eigenvalue weighted by atomic mass is 35.5. The van der Waals surface area contributed by atoms with Gasteiger partial charge in [-0.15, -0.1) is 0 Å². The molecule has 1 amide bonds. The van der Waals surface area contributed by atoms with Crippen LogP contribution in [0.2, 0.25) is 5.02 Å². The average molecular weight is 342 g/mol. The summed E-state index contributed by atoms with van der Waals surface area (Å²) in [5.74, 6) is 0.154. The molecule has 128 valence electrons. The second kappa shape index (κ2) is 8.38. The minimum atomic E-state index is -0.250. The number of amides is 1. The number of nitrogens with zero attached hydrogens (tertiary/aromatic N) is 1. The van der Waals surface area contributed by atoms with Crippen molar-refractivity contribution in [3.63, 3.8) is 0 Å². The van der Waals surface area contributed by atoms with Gasteiger partial charge in [0.15, 0.2) is 0 Å². The summed E-state index contributed by atoms with van der Waals surface area (Å²) >= 11 is 6.00. The summed E-state index contributed by atoms with van der Waals surface area (Å²) in [7, 11) is 1.49. The topological polar surface area (TPSA) is 76.8 Å². The number of nitrogens with one attached hydrogen (secondary N) is 1. The molecule has 6 nitrogen and oxygen atoms in total. The molecule has 1 atom stereocenters. The van der Waals surface area contributed by atoms with E-state index < -0.39 is 0 Å². The Morgan fingerprint density at radius 1 is 1.57 bits per heavy atom. The molecule has 1 heterocycles. The van der Waals surface area contributed by atoms with Crippen molar-refractivity contribution in [3.05, 3.63) is 22.7 Å². The molecule has 0 saturated carbocycles. The van der Waals surface area contributed by atoms with Gasteiger partial charge in [0.1, 0.15) is 5.75 Å². The van der Waals surface area contributed by atoms with Gasteiger partial charge in [0, 0.05) is 25.7 Å². The van der Waals surface area contributed by atoms with Gasteiger partial charge in [0.25, 0.3) is 5.91 Å². The molecule has 1 saturated heterocycles. The number of morpholine rings is 1. The van der Waals surface area contributed by atoms with Gasteiger partial charge in [0.2, 0.25) is 0 Å². The fourth-order valence-corrected chi connectivity index (χ4v) is 2.80. The Morgan fingerprint density at radius 3 is 3.04 bits per heavy atom. The molecular weight excluding hydrogens is 318 g/mol. The smallest absolute Gasteiger partial charge is 0.255 e. The Bertz CT molecular complexity index is 552. The number of hydrogen-bond donors (Lipinski definition) is 2. The van der Waals surface area contributed by atoms with E-state index in [-0.39, 0.29) is 12.0 Å². The molecule has 0 bridgehead atoms. The molecule has 1 aliphatic heterocycles. The number of anilines is 1. The minimum absolute atomic E-state index is 0.00509. The Morgan fingerprint density at radius 2 is 2.35 bits per heavy atom. The lowest BCUT2D eigenvalue weighted by atomic mass is 10.1. The van der Waals surface area contributed by atoms with Gasteiger partial charge in [-0.3, -0.25) is 9.69 Å². The number of rotatable bonds is 6. The number of carbonyl (C=O) groups excluding carboxylic acids is 1. The first-order chi connectivity index (χ1) is 11.0. The van der Waals surface area contributed by atoms with Crippen molar-refractivity contribution in [1.29, 1.82) is 0 Å². The van der Waals surface area contributed by atoms with Crippen molar-refractivity contribution < 1.29 is 14.3 Å². The summed E-state index contributed by atoms with van der Waals surface area (Å²) in [6, 6.07) is 3.08. The van der Waals surface area contributed by atoms with Crippen LogP contribution < -0.4 is 15.8 Å². The predicted octanol–water partition coefficient (Wildman–Crippen LogP) is 1.77. The number of ether oxygens (including phenoxy) is 2. The molecule has 1 aromatic carbocycles. The van der Waals surface area contributed by atoms with Gasteiger partial charge >= 0.3 is 0 Å². The third-order valence-corrected chi connectivity index (χ3v) is 4.14. The molecule has 0 aliphatic carbocycles. The maximum atomic E-state index is 12.4. The third-order valence-electron chi connectivity index (χ3n) is 3.82. The van der Waals surface area contributed by atoms with Gasteiger partial charge in [-0.05, 0) is 19.0 Å². The Kier molecular flexibility index (Phi) is 6.50. The number of nitrogen functional groups attached to an aromatic ring is 1. The zero-order valence-electron chi connectivity index (χ0n) is 13.6. The highest BCUT2D eigenvalue weighted by molar-refractivity contribution is 6.33. The van der Waals surface area contributed by atoms with Crippen molar-refractivity contribution in [2.24, 2.45) is 0 Å². The van der Waals surface area contributed by atoms with Crippen LogP contribution in [0.3, 0.4) is 0 Å². The first kappa shape index (κ1) is 17.8. The summed E-state index contributed by atoms with van der Waals surface area (Å²) in [5, 5.41) is 3.22. The number of nitrogens with two attached hydrogens (primary N) is 1. The molecule has 1 aliphatic rings. The van der Waals surface area contributed by atoms with E-state index in [1.165, 1.54) is 13.2 Å². The summed E-state index contributed by atoms with van der Waals surface area (Å²) in [5.41, 5.74) is 6.48. The fourth-order valence-electron chi connectivity index (χ4n) is 2.64. The van der Waals surface area contributed by atoms with E-state index in [1.807, 2.05) is 0 Å². The maximum absolute atomic E-state index is 12.4. The second-order valence-electron chi connectivity index (χ2n) is 5.58. The molecule has 0 spiro atoms. The van der Waals surface area contributed by atoms with E-state index in [2.05, 4.69) is 17.1 Å². The van der Waals surface area contributed by atoms with Crippen molar-refractivity contribution in [1.82, 2.24) is 10.2 Å². The van der Waals surface area contributed by atoms with Crippen LogP contribution in [0, 0.1) is 0 Å². The summed E-state index contributed by atoms with van der Waals surface area (Å²) < 4.78 is 10.9. The molecule has 1 unspecified atom stereocenters. The Labute approximate surface area is 141 Å². The van der Waals surface area contributed by atoms with Gasteiger partial charge < -0.3 is 20.5 Å². The predicted molar refractivity (Wildman–Crippen MR) is 91.2 cm³/mol. The van der Waals surface area contributed by atoms with E-state index in [0.29, 0.717) is 35.2 Å². The van der Waals surface area contributed by atoms with Crippen LogP contribution in [-0.4, -0.2) is 56.8 Å². The highest BCUT2D eigenvalue weighted by Crippen LogP contribution is 2.28. The first-order valence-corrected chi connectivity index (χ1v) is 8.18. The number of hydrogen-bond acceptors (Lipinski definition) is 5. The standard InChI is InChI=1S/C16H24ClN3O3/c1-3-4-20-5-6-23-11(10-20)9-19-16(21)12-7-13(17)14(18)8-15(12)22-2/h7-8,11H,3-6,9-10,18H2,1-2H3,(H,19,21). The maximum Gasteiger partial charge on any atom is 0.255 e. The van der Waals surface area contributed by atoms with Crippen LogP contribution in [0.1, 0.15) is 23.7 Å². The normalized spacial score (nSPS) is 18.7. The van der Waals surface area contributed by atoms with E-state index in [9.17, 15) is 4.79 Å². The van der Waals surface area contributed by atoms with Gasteiger partial charge in [-0.1, -0.05) is 18.5 Å². The van der Waals surface area contributed by atoms with E-state index in [0.717, 1.165) is 26.1 Å². The number of halogens is 1. The Hall–Kier alpha value is -1.50. The van der Waals surface area contributed by atoms with E-state index in [1.54, 1.807) is 6.07 Å². The van der Waals surface area contributed by atoms with Crippen LogP contribution in [0.4, 0.5) is 5.69 Å². The van der Waals surface area contributed by atoms with Gasteiger partial charge in [-0.25, -0.2) is 0 Å². The number of methoxy groups -OCH3 is 1. The molecule has 2 rings (SSSR count). The van der Waals surface area contributed by atoms with Crippen molar-refractivity contribution in [2.75, 3.05) is 45.6 Å². The van der Waals surface area contributed by atoms with Crippen LogP contribution in [0.5, 0.6) is 5.75 Å². The monoisotopic (exact) mass is 341 g/mol. The summed E-state index contributed by atoms with van der Waals surface area (Å²) in [6.07, 6.45) is 1.11. The molecule has 23 heavy (non-hydrogen) atoms. The van der Waals surface area contributed by atoms with Crippen molar-refractivity contribution in [3.8, 4) is 5.75 Å². The number of carbonyl (C=O) groups is 1. The van der Waals surface area contributed by atoms with Crippen molar-refractivity contribution in [2.45, 2.75) is 19.4 Å². The number of benzene rings is 1. The fraction of sp³-hybridized carbons (Fsp3) is 0.562. The van der Waals surface area contributed by atoms with Gasteiger partial charge in [-0.2, -0.15) is 0 Å². The largest absolute Gasteiger partial charge is 0.496 e. The lowest BCUT2D eigenvalue weighted by Gasteiger charge is -2.32. The highest BCUT2D eigenvalue weighted by Gasteiger charge is 2.21. The minimum Gasteiger partial charge on any atom is -0.496 e. The molecule has 7 heteroatoms. The van der Waals surface area contributed by atoms with Crippen molar-refractivity contribution >= 4 is 23.2 Å². The average Bonchev–Trinajstić information content (AvgIpc) is 2.55. The lowest BCUT2D eigenvalue weighted by molar-refractivity contribution is -0.0262. The van der Waals surface area contributed by atoms with Crippen LogP contribution >= 0.6 is 11.6 Å². The molecular formula is C16H24ClN3O3. The summed E-state index contributed by atoms with van der Waals surface area (Å²) in [4.78, 5) is 14.7. The lowest BCUT2D eigenvalue weighted by Crippen LogP contribution is -2.47. The summed E-state index contributed by atoms with van der Waals surface area (Å²) in [6.45, 7) is 6.12. The van der Waals surface area contributed by atoms with E-state index >= 15 is 0 Å². The molecule has 0 radical (unpaired) electrons. The third kappa shape index (κ3) is 4.73. The van der Waals surface area contributed by atoms with Crippen LogP contribution in [0.15, 0.2) is 12.1 Å². The quantitative estimate of drug-likeness (QED) is 0.771. The van der Waals surface area contributed by atoms with Crippen LogP contribution in [-0.2, 0) is 4.74 Å². The zero-order valence-corrected chi connectivity index (χ0v) is 14.4. The molecule has 0 aromatic heterocycles. The van der Waals surface area contributed by atoms with Crippen LogP contribution in [0.25, 0.3) is 0 Å². The second-order valence-corrected chi connectivity index (χ2v) is 5.98. The zero-order chi connectivity index (χ0) is 16.8. The first-order valence-electron chi connectivity index (χ1n) is 7.80. The molecule has 3 N–H and O–H groups in total. The molecule has 1 fully saturated rings. The Balaban J connectivity index is 1.96.